The highest BCUT2D eigenvalue weighted by Crippen LogP contribution is 2.40. The first-order chi connectivity index (χ1) is 11.6. The summed E-state index contributed by atoms with van der Waals surface area (Å²) in [6.07, 6.45) is 0. The number of hydrogen-bond acceptors (Lipinski definition) is 4. The number of nitrogens with one attached hydrogen (secondary N) is 1. The SMILES string of the molecule is Cc1ccc(Nc2nc(-c3sc4ccc(Cl)cc4c3C)cs2)cc1.Cl. The second kappa shape index (κ2) is 7.34. The van der Waals surface area contributed by atoms with Crippen LogP contribution in [0.25, 0.3) is 20.7 Å². The van der Waals surface area contributed by atoms with Crippen LogP contribution >= 0.6 is 46.7 Å². The van der Waals surface area contributed by atoms with Crippen LogP contribution in [0.2, 0.25) is 5.02 Å². The van der Waals surface area contributed by atoms with Gasteiger partial charge in [0.25, 0.3) is 0 Å². The van der Waals surface area contributed by atoms with Gasteiger partial charge in [0.15, 0.2) is 5.13 Å². The topological polar surface area (TPSA) is 24.9 Å². The molecule has 0 spiro atoms. The van der Waals surface area contributed by atoms with Gasteiger partial charge in [0.2, 0.25) is 0 Å². The highest BCUT2D eigenvalue weighted by Gasteiger charge is 2.13. The summed E-state index contributed by atoms with van der Waals surface area (Å²) in [6.45, 7) is 4.22. The molecule has 0 radical (unpaired) electrons. The molecule has 0 aliphatic heterocycles. The van der Waals surface area contributed by atoms with Crippen LogP contribution in [0.3, 0.4) is 0 Å². The van der Waals surface area contributed by atoms with Crippen molar-refractivity contribution in [3.05, 3.63) is 64.0 Å². The number of halogens is 2. The molecule has 0 unspecified atom stereocenters. The van der Waals surface area contributed by atoms with E-state index in [0.29, 0.717) is 0 Å². The zero-order valence-electron chi connectivity index (χ0n) is 13.7. The molecule has 25 heavy (non-hydrogen) atoms. The van der Waals surface area contributed by atoms with Crippen molar-refractivity contribution >= 4 is 67.6 Å². The van der Waals surface area contributed by atoms with Gasteiger partial charge in [-0.05, 0) is 55.1 Å². The third kappa shape index (κ3) is 3.67. The number of rotatable bonds is 3. The molecule has 0 atom stereocenters. The van der Waals surface area contributed by atoms with Gasteiger partial charge in [0.05, 0.1) is 10.6 Å². The van der Waals surface area contributed by atoms with Gasteiger partial charge in [-0.2, -0.15) is 0 Å². The van der Waals surface area contributed by atoms with Gasteiger partial charge in [-0.25, -0.2) is 4.98 Å². The van der Waals surface area contributed by atoms with Crippen molar-refractivity contribution in [2.75, 3.05) is 5.32 Å². The summed E-state index contributed by atoms with van der Waals surface area (Å²) in [5, 5.41) is 8.37. The second-order valence-electron chi connectivity index (χ2n) is 5.73. The Morgan fingerprint density at radius 3 is 2.56 bits per heavy atom. The zero-order chi connectivity index (χ0) is 16.7. The summed E-state index contributed by atoms with van der Waals surface area (Å²) in [7, 11) is 0. The number of aryl methyl sites for hydroxylation is 2. The summed E-state index contributed by atoms with van der Waals surface area (Å²) in [4.78, 5) is 5.97. The molecule has 0 saturated heterocycles. The van der Waals surface area contributed by atoms with Crippen molar-refractivity contribution in [1.82, 2.24) is 4.98 Å². The second-order valence-corrected chi connectivity index (χ2v) is 8.07. The minimum absolute atomic E-state index is 0. The van der Waals surface area contributed by atoms with Crippen molar-refractivity contribution in [2.24, 2.45) is 0 Å². The van der Waals surface area contributed by atoms with E-state index in [1.807, 2.05) is 12.1 Å². The monoisotopic (exact) mass is 406 g/mol. The Labute approximate surface area is 165 Å². The van der Waals surface area contributed by atoms with E-state index in [0.717, 1.165) is 21.5 Å². The molecule has 4 rings (SSSR count). The average molecular weight is 407 g/mol. The molecular formula is C19H16Cl2N2S2. The number of fused-ring (bicyclic) bond motifs is 1. The molecule has 0 saturated carbocycles. The first-order valence-corrected chi connectivity index (χ1v) is 9.66. The predicted molar refractivity (Wildman–Crippen MR) is 114 cm³/mol. The van der Waals surface area contributed by atoms with Gasteiger partial charge in [-0.15, -0.1) is 35.1 Å². The maximum absolute atomic E-state index is 6.13. The Kier molecular flexibility index (Phi) is 5.35. The predicted octanol–water partition coefficient (Wildman–Crippen LogP) is 7.46. The van der Waals surface area contributed by atoms with E-state index in [1.54, 1.807) is 22.7 Å². The van der Waals surface area contributed by atoms with Crippen LogP contribution in [0.1, 0.15) is 11.1 Å². The highest BCUT2D eigenvalue weighted by atomic mass is 35.5. The number of aromatic nitrogens is 1. The molecule has 6 heteroatoms. The number of anilines is 2. The highest BCUT2D eigenvalue weighted by molar-refractivity contribution is 7.23. The van der Waals surface area contributed by atoms with Crippen molar-refractivity contribution in [3.8, 4) is 10.6 Å². The van der Waals surface area contributed by atoms with Crippen LogP contribution in [0, 0.1) is 13.8 Å². The van der Waals surface area contributed by atoms with E-state index in [2.05, 4.69) is 54.9 Å². The van der Waals surface area contributed by atoms with Crippen LogP contribution in [-0.4, -0.2) is 4.98 Å². The Balaban J connectivity index is 0.00000182. The molecule has 4 aromatic rings. The molecule has 1 N–H and O–H groups in total. The Bertz CT molecular complexity index is 1020. The van der Waals surface area contributed by atoms with Gasteiger partial charge in [-0.1, -0.05) is 29.3 Å². The normalized spacial score (nSPS) is 10.7. The fraction of sp³-hybridized carbons (Fsp3) is 0.105. The van der Waals surface area contributed by atoms with Gasteiger partial charge in [-0.3, -0.25) is 0 Å². The molecule has 0 amide bonds. The fourth-order valence-electron chi connectivity index (χ4n) is 2.63. The third-order valence-corrected chi connectivity index (χ3v) is 6.23. The van der Waals surface area contributed by atoms with E-state index in [4.69, 9.17) is 16.6 Å². The standard InChI is InChI=1S/C19H15ClN2S2.ClH/c1-11-3-6-14(7-4-11)21-19-22-16(10-23-19)18-12(2)15-9-13(20)5-8-17(15)24-18;/h3-10H,1-2H3,(H,21,22);1H. The molecule has 0 bridgehead atoms. The van der Waals surface area contributed by atoms with Crippen LogP contribution < -0.4 is 5.32 Å². The van der Waals surface area contributed by atoms with Crippen LogP contribution in [0.15, 0.2) is 47.8 Å². The summed E-state index contributed by atoms with van der Waals surface area (Å²) < 4.78 is 1.24. The maximum Gasteiger partial charge on any atom is 0.187 e. The lowest BCUT2D eigenvalue weighted by atomic mass is 10.1. The zero-order valence-corrected chi connectivity index (χ0v) is 16.9. The van der Waals surface area contributed by atoms with E-state index in [9.17, 15) is 0 Å². The molecule has 0 aliphatic rings. The van der Waals surface area contributed by atoms with Crippen LogP contribution in [0.4, 0.5) is 10.8 Å². The van der Waals surface area contributed by atoms with Gasteiger partial charge >= 0.3 is 0 Å². The van der Waals surface area contributed by atoms with Crippen LogP contribution in [-0.2, 0) is 0 Å². The van der Waals surface area contributed by atoms with Crippen molar-refractivity contribution < 1.29 is 0 Å². The molecule has 0 aliphatic carbocycles. The van der Waals surface area contributed by atoms with E-state index >= 15 is 0 Å². The van der Waals surface area contributed by atoms with Crippen molar-refractivity contribution in [2.45, 2.75) is 13.8 Å². The van der Waals surface area contributed by atoms with Gasteiger partial charge in [0, 0.05) is 20.8 Å². The minimum atomic E-state index is 0. The maximum atomic E-state index is 6.13. The summed E-state index contributed by atoms with van der Waals surface area (Å²) in [5.74, 6) is 0. The number of thiophene rings is 1. The minimum Gasteiger partial charge on any atom is -0.332 e. The quantitative estimate of drug-likeness (QED) is 0.381. The lowest BCUT2D eigenvalue weighted by molar-refractivity contribution is 1.38. The lowest BCUT2D eigenvalue weighted by Gasteiger charge is -2.02. The van der Waals surface area contributed by atoms with Gasteiger partial charge < -0.3 is 5.32 Å². The fourth-order valence-corrected chi connectivity index (χ4v) is 4.75. The first kappa shape index (κ1) is 18.2. The van der Waals surface area contributed by atoms with Gasteiger partial charge in [0.1, 0.15) is 0 Å². The van der Waals surface area contributed by atoms with Crippen LogP contribution in [0.5, 0.6) is 0 Å². The molecule has 2 aromatic heterocycles. The number of benzene rings is 2. The first-order valence-electron chi connectivity index (χ1n) is 7.58. The Hall–Kier alpha value is -1.59. The molecule has 128 valence electrons. The molecular weight excluding hydrogens is 391 g/mol. The largest absolute Gasteiger partial charge is 0.332 e. The van der Waals surface area contributed by atoms with Crippen molar-refractivity contribution in [1.29, 1.82) is 0 Å². The summed E-state index contributed by atoms with van der Waals surface area (Å²) in [5.41, 5.74) is 4.57. The summed E-state index contributed by atoms with van der Waals surface area (Å²) >= 11 is 9.52. The van der Waals surface area contributed by atoms with Crippen molar-refractivity contribution in [3.63, 3.8) is 0 Å². The molecule has 2 aromatic carbocycles. The average Bonchev–Trinajstić information content (AvgIpc) is 3.15. The van der Waals surface area contributed by atoms with E-state index < -0.39 is 0 Å². The molecule has 0 fully saturated rings. The smallest absolute Gasteiger partial charge is 0.187 e. The van der Waals surface area contributed by atoms with E-state index in [1.165, 1.54) is 26.1 Å². The van der Waals surface area contributed by atoms with E-state index in [-0.39, 0.29) is 12.4 Å². The third-order valence-electron chi connectivity index (χ3n) is 3.94. The molecule has 2 heterocycles. The Morgan fingerprint density at radius 2 is 1.80 bits per heavy atom. The Morgan fingerprint density at radius 1 is 1.04 bits per heavy atom. The lowest BCUT2D eigenvalue weighted by Crippen LogP contribution is -1.89. The molecule has 2 nitrogen and oxygen atoms in total. The number of nitrogens with zero attached hydrogens (tertiary/aromatic N) is 1. The number of thiazole rings is 1. The summed E-state index contributed by atoms with van der Waals surface area (Å²) in [6, 6.07) is 14.4. The number of hydrogen-bond donors (Lipinski definition) is 1.